The van der Waals surface area contributed by atoms with Crippen molar-refractivity contribution in [2.45, 2.75) is 6.92 Å². The topological polar surface area (TPSA) is 76.7 Å². The van der Waals surface area contributed by atoms with Crippen LogP contribution in [0.2, 0.25) is 0 Å². The van der Waals surface area contributed by atoms with Crippen LogP contribution in [0, 0.1) is 11.8 Å². The largest absolute Gasteiger partial charge is 0.409 e. The molecule has 0 aliphatic rings. The normalized spacial score (nSPS) is 10.8. The third kappa shape index (κ3) is 2.55. The molecule has 6 nitrogen and oxygen atoms in total. The zero-order valence-electron chi connectivity index (χ0n) is 11.5. The van der Waals surface area contributed by atoms with E-state index in [-0.39, 0.29) is 16.3 Å². The monoisotopic (exact) mass is 300 g/mol. The summed E-state index contributed by atoms with van der Waals surface area (Å²) in [5.74, 6) is 0.163. The highest BCUT2D eigenvalue weighted by Crippen LogP contribution is 2.21. The first-order chi connectivity index (χ1) is 10.0. The number of hydrogen-bond donors (Lipinski definition) is 1. The van der Waals surface area contributed by atoms with Crippen LogP contribution in [-0.4, -0.2) is 20.0 Å². The van der Waals surface area contributed by atoms with Gasteiger partial charge in [0.05, 0.1) is 5.69 Å². The van der Waals surface area contributed by atoms with Gasteiger partial charge in [0.2, 0.25) is 0 Å². The molecule has 0 amide bonds. The number of aromatic amines is 1. The fourth-order valence-corrected chi connectivity index (χ4v) is 2.10. The molecule has 0 radical (unpaired) electrons. The van der Waals surface area contributed by atoms with Crippen LogP contribution >= 0.6 is 12.2 Å². The maximum Gasteiger partial charge on any atom is 0.284 e. The van der Waals surface area contributed by atoms with Crippen LogP contribution in [0.1, 0.15) is 5.56 Å². The molecule has 0 bridgehead atoms. The molecular weight excluding hydrogens is 288 g/mol. The Morgan fingerprint density at radius 1 is 1.29 bits per heavy atom. The van der Waals surface area contributed by atoms with Gasteiger partial charge in [0, 0.05) is 12.6 Å². The molecule has 0 unspecified atom stereocenters. The van der Waals surface area contributed by atoms with Gasteiger partial charge >= 0.3 is 0 Å². The standard InChI is InChI=1S/C14H12N4O2S/c1-8-3-5-9(6-4-8)11-7-10(13(19)18(2)17-11)12-15-16-14(21)20-12/h3-7H,1-2H3,(H,16,21). The molecule has 0 aliphatic carbocycles. The van der Waals surface area contributed by atoms with Crippen LogP contribution in [0.5, 0.6) is 0 Å². The fourth-order valence-electron chi connectivity index (χ4n) is 1.97. The van der Waals surface area contributed by atoms with Crippen molar-refractivity contribution in [1.29, 1.82) is 0 Å². The first kappa shape index (κ1) is 13.4. The Balaban J connectivity index is 2.20. The Kier molecular flexibility index (Phi) is 3.26. The molecule has 0 fully saturated rings. The van der Waals surface area contributed by atoms with E-state index < -0.39 is 0 Å². The molecule has 21 heavy (non-hydrogen) atoms. The van der Waals surface area contributed by atoms with Gasteiger partial charge in [-0.2, -0.15) is 5.10 Å². The van der Waals surface area contributed by atoms with Gasteiger partial charge in [-0.05, 0) is 25.2 Å². The average molecular weight is 300 g/mol. The van der Waals surface area contributed by atoms with Crippen molar-refractivity contribution in [2.75, 3.05) is 0 Å². The van der Waals surface area contributed by atoms with Crippen LogP contribution in [0.15, 0.2) is 39.5 Å². The van der Waals surface area contributed by atoms with Gasteiger partial charge in [-0.1, -0.05) is 29.8 Å². The molecule has 3 rings (SSSR count). The van der Waals surface area contributed by atoms with Gasteiger partial charge in [0.15, 0.2) is 0 Å². The summed E-state index contributed by atoms with van der Waals surface area (Å²) in [5.41, 5.74) is 2.75. The number of rotatable bonds is 2. The van der Waals surface area contributed by atoms with Crippen molar-refractivity contribution in [2.24, 2.45) is 7.05 Å². The Morgan fingerprint density at radius 2 is 2.00 bits per heavy atom. The first-order valence-electron chi connectivity index (χ1n) is 6.26. The van der Waals surface area contributed by atoms with E-state index in [4.69, 9.17) is 16.6 Å². The zero-order chi connectivity index (χ0) is 15.0. The average Bonchev–Trinajstić information content (AvgIpc) is 2.89. The van der Waals surface area contributed by atoms with Gasteiger partial charge in [-0.3, -0.25) is 4.79 Å². The lowest BCUT2D eigenvalue weighted by molar-refractivity contribution is 0.549. The maximum absolute atomic E-state index is 12.2. The minimum absolute atomic E-state index is 0.126. The van der Waals surface area contributed by atoms with Crippen molar-refractivity contribution >= 4 is 12.2 Å². The number of hydrogen-bond acceptors (Lipinski definition) is 5. The molecule has 3 aromatic rings. The minimum atomic E-state index is -0.295. The van der Waals surface area contributed by atoms with Crippen molar-refractivity contribution < 1.29 is 4.42 Å². The van der Waals surface area contributed by atoms with Crippen molar-refractivity contribution in [3.63, 3.8) is 0 Å². The molecular formula is C14H12N4O2S. The van der Waals surface area contributed by atoms with E-state index in [0.717, 1.165) is 11.1 Å². The molecule has 0 saturated heterocycles. The van der Waals surface area contributed by atoms with Crippen molar-refractivity contribution in [1.82, 2.24) is 20.0 Å². The molecule has 2 heterocycles. The smallest absolute Gasteiger partial charge is 0.284 e. The van der Waals surface area contributed by atoms with Gasteiger partial charge < -0.3 is 4.42 Å². The third-order valence-electron chi connectivity index (χ3n) is 3.08. The molecule has 0 atom stereocenters. The Morgan fingerprint density at radius 3 is 2.62 bits per heavy atom. The van der Waals surface area contributed by atoms with E-state index >= 15 is 0 Å². The summed E-state index contributed by atoms with van der Waals surface area (Å²) in [7, 11) is 1.59. The molecule has 2 aromatic heterocycles. The van der Waals surface area contributed by atoms with Gasteiger partial charge in [-0.25, -0.2) is 9.78 Å². The molecule has 1 N–H and O–H groups in total. The third-order valence-corrected chi connectivity index (χ3v) is 3.25. The van der Waals surface area contributed by atoms with E-state index in [9.17, 15) is 4.79 Å². The Hall–Kier alpha value is -2.54. The van der Waals surface area contributed by atoms with Crippen LogP contribution in [0.4, 0.5) is 0 Å². The van der Waals surface area contributed by atoms with Crippen molar-refractivity contribution in [3.05, 3.63) is 51.1 Å². The van der Waals surface area contributed by atoms with Crippen LogP contribution in [0.25, 0.3) is 22.7 Å². The second kappa shape index (κ2) is 5.10. The quantitative estimate of drug-likeness (QED) is 0.736. The number of benzene rings is 1. The lowest BCUT2D eigenvalue weighted by Gasteiger charge is -2.05. The van der Waals surface area contributed by atoms with E-state index in [1.165, 1.54) is 4.68 Å². The highest BCUT2D eigenvalue weighted by molar-refractivity contribution is 7.71. The van der Waals surface area contributed by atoms with Crippen molar-refractivity contribution in [3.8, 4) is 22.7 Å². The summed E-state index contributed by atoms with van der Waals surface area (Å²) >= 11 is 4.84. The molecule has 0 spiro atoms. The number of H-pyrrole nitrogens is 1. The Bertz CT molecular complexity index is 906. The van der Waals surface area contributed by atoms with E-state index in [2.05, 4.69) is 15.3 Å². The fraction of sp³-hybridized carbons (Fsp3) is 0.143. The van der Waals surface area contributed by atoms with Gasteiger partial charge in [-0.15, -0.1) is 5.10 Å². The van der Waals surface area contributed by atoms with E-state index in [1.54, 1.807) is 13.1 Å². The summed E-state index contributed by atoms with van der Waals surface area (Å²) in [6.07, 6.45) is 0. The number of nitrogens with one attached hydrogen (secondary N) is 1. The van der Waals surface area contributed by atoms with Gasteiger partial charge in [0.25, 0.3) is 16.3 Å². The van der Waals surface area contributed by atoms with Crippen LogP contribution in [0.3, 0.4) is 0 Å². The predicted octanol–water partition coefficient (Wildman–Crippen LogP) is 2.47. The SMILES string of the molecule is Cc1ccc(-c2cc(-c3n[nH]c(=S)o3)c(=O)n(C)n2)cc1. The van der Waals surface area contributed by atoms with E-state index in [1.807, 2.05) is 31.2 Å². The number of aryl methyl sites for hydroxylation is 2. The lowest BCUT2D eigenvalue weighted by Crippen LogP contribution is -2.21. The highest BCUT2D eigenvalue weighted by atomic mass is 32.1. The zero-order valence-corrected chi connectivity index (χ0v) is 12.3. The molecule has 7 heteroatoms. The lowest BCUT2D eigenvalue weighted by atomic mass is 10.1. The second-order valence-electron chi connectivity index (χ2n) is 4.66. The summed E-state index contributed by atoms with van der Waals surface area (Å²) < 4.78 is 6.48. The number of aromatic nitrogens is 4. The summed E-state index contributed by atoms with van der Waals surface area (Å²) in [4.78, 5) is 12.3. The first-order valence-corrected chi connectivity index (χ1v) is 6.67. The van der Waals surface area contributed by atoms with Gasteiger partial charge in [0.1, 0.15) is 5.56 Å². The summed E-state index contributed by atoms with van der Waals surface area (Å²) in [6.45, 7) is 2.01. The van der Waals surface area contributed by atoms with E-state index in [0.29, 0.717) is 11.3 Å². The van der Waals surface area contributed by atoms with Crippen LogP contribution < -0.4 is 5.56 Å². The minimum Gasteiger partial charge on any atom is -0.409 e. The molecule has 0 saturated carbocycles. The second-order valence-corrected chi connectivity index (χ2v) is 5.03. The predicted molar refractivity (Wildman–Crippen MR) is 80.3 cm³/mol. The van der Waals surface area contributed by atoms with Crippen LogP contribution in [-0.2, 0) is 7.05 Å². The summed E-state index contributed by atoms with van der Waals surface area (Å²) in [6, 6.07) is 9.53. The maximum atomic E-state index is 12.2. The highest BCUT2D eigenvalue weighted by Gasteiger charge is 2.14. The summed E-state index contributed by atoms with van der Waals surface area (Å²) in [5, 5.41) is 10.7. The number of nitrogens with zero attached hydrogens (tertiary/aromatic N) is 3. The molecule has 0 aliphatic heterocycles. The molecule has 106 valence electrons. The Labute approximate surface area is 125 Å². The molecule has 1 aromatic carbocycles.